The van der Waals surface area contributed by atoms with Gasteiger partial charge in [-0.25, -0.2) is 4.79 Å². The minimum atomic E-state index is -1.02. The fourth-order valence-electron chi connectivity index (χ4n) is 1.97. The maximum atomic E-state index is 11.0. The van der Waals surface area contributed by atoms with Crippen LogP contribution in [0.4, 0.5) is 0 Å². The van der Waals surface area contributed by atoms with E-state index in [9.17, 15) is 4.79 Å². The van der Waals surface area contributed by atoms with E-state index in [1.54, 1.807) is 24.3 Å². The van der Waals surface area contributed by atoms with Gasteiger partial charge in [-0.3, -0.25) is 0 Å². The van der Waals surface area contributed by atoms with Crippen molar-refractivity contribution in [2.75, 3.05) is 0 Å². The number of nitriles is 1. The van der Waals surface area contributed by atoms with Crippen LogP contribution in [0.15, 0.2) is 42.5 Å². The standard InChI is InChI=1S/C17H15NO3/c1-11-6-7-16(21-12(2)17(19)20)15(8-11)14-5-3-4-13(9-14)10-18/h3-9,12H,1-2H3,(H,19,20)/t12-/m0/s1. The Morgan fingerprint density at radius 3 is 2.71 bits per heavy atom. The molecule has 0 amide bonds. The van der Waals surface area contributed by atoms with E-state index in [0.717, 1.165) is 16.7 Å². The molecule has 0 aliphatic heterocycles. The molecule has 4 nitrogen and oxygen atoms in total. The zero-order chi connectivity index (χ0) is 15.4. The van der Waals surface area contributed by atoms with Crippen LogP contribution in [0, 0.1) is 18.3 Å². The van der Waals surface area contributed by atoms with E-state index >= 15 is 0 Å². The molecule has 0 aliphatic carbocycles. The lowest BCUT2D eigenvalue weighted by Crippen LogP contribution is -2.23. The number of nitrogens with zero attached hydrogens (tertiary/aromatic N) is 1. The summed E-state index contributed by atoms with van der Waals surface area (Å²) in [5.41, 5.74) is 3.18. The van der Waals surface area contributed by atoms with Crippen molar-refractivity contribution < 1.29 is 14.6 Å². The summed E-state index contributed by atoms with van der Waals surface area (Å²) in [5.74, 6) is -0.530. The highest BCUT2D eigenvalue weighted by atomic mass is 16.5. The van der Waals surface area contributed by atoms with Crippen molar-refractivity contribution in [2.24, 2.45) is 0 Å². The van der Waals surface area contributed by atoms with E-state index in [4.69, 9.17) is 15.1 Å². The van der Waals surface area contributed by atoms with Crippen LogP contribution in [-0.2, 0) is 4.79 Å². The maximum Gasteiger partial charge on any atom is 0.344 e. The molecule has 0 aliphatic rings. The van der Waals surface area contributed by atoms with Crippen molar-refractivity contribution in [1.29, 1.82) is 5.26 Å². The Hall–Kier alpha value is -2.80. The molecule has 0 bridgehead atoms. The number of hydrogen-bond acceptors (Lipinski definition) is 3. The summed E-state index contributed by atoms with van der Waals surface area (Å²) in [7, 11) is 0. The second kappa shape index (κ2) is 6.10. The smallest absolute Gasteiger partial charge is 0.344 e. The van der Waals surface area contributed by atoms with Crippen LogP contribution in [-0.4, -0.2) is 17.2 Å². The lowest BCUT2D eigenvalue weighted by atomic mass is 10.0. The molecule has 0 saturated heterocycles. The Kier molecular flexibility index (Phi) is 4.24. The summed E-state index contributed by atoms with van der Waals surface area (Å²) in [5, 5.41) is 18.0. The molecule has 0 spiro atoms. The van der Waals surface area contributed by atoms with Crippen molar-refractivity contribution in [2.45, 2.75) is 20.0 Å². The monoisotopic (exact) mass is 281 g/mol. The molecule has 2 aromatic carbocycles. The molecule has 2 rings (SSSR count). The van der Waals surface area contributed by atoms with Crippen LogP contribution >= 0.6 is 0 Å². The molecule has 1 N–H and O–H groups in total. The highest BCUT2D eigenvalue weighted by Gasteiger charge is 2.15. The first-order valence-electron chi connectivity index (χ1n) is 6.52. The number of aliphatic carboxylic acids is 1. The second-order valence-electron chi connectivity index (χ2n) is 4.79. The predicted molar refractivity (Wildman–Crippen MR) is 79.1 cm³/mol. The first kappa shape index (κ1) is 14.6. The largest absolute Gasteiger partial charge is 0.479 e. The average Bonchev–Trinajstić information content (AvgIpc) is 2.49. The first-order chi connectivity index (χ1) is 10.0. The van der Waals surface area contributed by atoms with E-state index in [-0.39, 0.29) is 0 Å². The van der Waals surface area contributed by atoms with Gasteiger partial charge < -0.3 is 9.84 Å². The number of ether oxygens (including phenoxy) is 1. The number of benzene rings is 2. The zero-order valence-corrected chi connectivity index (χ0v) is 11.8. The lowest BCUT2D eigenvalue weighted by Gasteiger charge is -2.15. The van der Waals surface area contributed by atoms with Crippen molar-refractivity contribution in [3.05, 3.63) is 53.6 Å². The van der Waals surface area contributed by atoms with Gasteiger partial charge in [-0.2, -0.15) is 5.26 Å². The summed E-state index contributed by atoms with van der Waals surface area (Å²) < 4.78 is 5.51. The van der Waals surface area contributed by atoms with E-state index < -0.39 is 12.1 Å². The number of carbonyl (C=O) groups is 1. The molecule has 4 heteroatoms. The number of aryl methyl sites for hydroxylation is 1. The molecule has 1 atom stereocenters. The topological polar surface area (TPSA) is 70.3 Å². The minimum Gasteiger partial charge on any atom is -0.479 e. The third kappa shape index (κ3) is 3.40. The minimum absolute atomic E-state index is 0.491. The maximum absolute atomic E-state index is 11.0. The van der Waals surface area contributed by atoms with Crippen LogP contribution in [0.1, 0.15) is 18.1 Å². The van der Waals surface area contributed by atoms with E-state index in [2.05, 4.69) is 6.07 Å². The summed E-state index contributed by atoms with van der Waals surface area (Å²) in [6.07, 6.45) is -0.939. The lowest BCUT2D eigenvalue weighted by molar-refractivity contribution is -0.144. The normalized spacial score (nSPS) is 11.5. The van der Waals surface area contributed by atoms with Gasteiger partial charge in [0, 0.05) is 5.56 Å². The van der Waals surface area contributed by atoms with Crippen LogP contribution in [0.25, 0.3) is 11.1 Å². The first-order valence-corrected chi connectivity index (χ1v) is 6.52. The van der Waals surface area contributed by atoms with E-state index in [0.29, 0.717) is 11.3 Å². The molecule has 106 valence electrons. The van der Waals surface area contributed by atoms with Crippen LogP contribution in [0.2, 0.25) is 0 Å². The molecule has 0 saturated carbocycles. The summed E-state index contributed by atoms with van der Waals surface area (Å²) >= 11 is 0. The number of carboxylic acid groups (broad SMARTS) is 1. The SMILES string of the molecule is Cc1ccc(O[C@@H](C)C(=O)O)c(-c2cccc(C#N)c2)c1. The molecule has 21 heavy (non-hydrogen) atoms. The van der Waals surface area contributed by atoms with Crippen molar-refractivity contribution in [1.82, 2.24) is 0 Å². The van der Waals surface area contributed by atoms with Gasteiger partial charge in [-0.05, 0) is 43.7 Å². The van der Waals surface area contributed by atoms with Gasteiger partial charge >= 0.3 is 5.97 Å². The molecule has 0 radical (unpaired) electrons. The molecule has 0 aromatic heterocycles. The molecule has 0 fully saturated rings. The Morgan fingerprint density at radius 1 is 1.29 bits per heavy atom. The quantitative estimate of drug-likeness (QED) is 0.932. The Morgan fingerprint density at radius 2 is 2.05 bits per heavy atom. The number of hydrogen-bond donors (Lipinski definition) is 1. The van der Waals surface area contributed by atoms with Crippen molar-refractivity contribution >= 4 is 5.97 Å². The third-order valence-corrected chi connectivity index (χ3v) is 3.09. The predicted octanol–water partition coefficient (Wildman–Crippen LogP) is 3.39. The third-order valence-electron chi connectivity index (χ3n) is 3.09. The molecule has 0 heterocycles. The van der Waals surface area contributed by atoms with Crippen LogP contribution < -0.4 is 4.74 Å². The van der Waals surface area contributed by atoms with Gasteiger partial charge in [-0.15, -0.1) is 0 Å². The summed E-state index contributed by atoms with van der Waals surface area (Å²) in [4.78, 5) is 11.0. The molecular weight excluding hydrogens is 266 g/mol. The summed E-state index contributed by atoms with van der Waals surface area (Å²) in [6.45, 7) is 3.43. The highest BCUT2D eigenvalue weighted by molar-refractivity contribution is 5.75. The fourth-order valence-corrected chi connectivity index (χ4v) is 1.97. The van der Waals surface area contributed by atoms with Crippen molar-refractivity contribution in [3.63, 3.8) is 0 Å². The zero-order valence-electron chi connectivity index (χ0n) is 11.8. The van der Waals surface area contributed by atoms with Gasteiger partial charge in [0.15, 0.2) is 6.10 Å². The second-order valence-corrected chi connectivity index (χ2v) is 4.79. The van der Waals surface area contributed by atoms with Crippen molar-refractivity contribution in [3.8, 4) is 22.9 Å². The van der Waals surface area contributed by atoms with Gasteiger partial charge in [0.05, 0.1) is 11.6 Å². The molecular formula is C17H15NO3. The van der Waals surface area contributed by atoms with Gasteiger partial charge in [-0.1, -0.05) is 23.8 Å². The van der Waals surface area contributed by atoms with E-state index in [1.165, 1.54) is 6.92 Å². The van der Waals surface area contributed by atoms with Gasteiger partial charge in [0.1, 0.15) is 5.75 Å². The van der Waals surface area contributed by atoms with Crippen LogP contribution in [0.5, 0.6) is 5.75 Å². The highest BCUT2D eigenvalue weighted by Crippen LogP contribution is 2.32. The average molecular weight is 281 g/mol. The molecule has 2 aromatic rings. The van der Waals surface area contributed by atoms with Gasteiger partial charge in [0.2, 0.25) is 0 Å². The molecule has 0 unspecified atom stereocenters. The number of rotatable bonds is 4. The van der Waals surface area contributed by atoms with Gasteiger partial charge in [0.25, 0.3) is 0 Å². The number of carboxylic acids is 1. The van der Waals surface area contributed by atoms with Crippen LogP contribution in [0.3, 0.4) is 0 Å². The Bertz CT molecular complexity index is 716. The Balaban J connectivity index is 2.48. The Labute approximate surface area is 123 Å². The van der Waals surface area contributed by atoms with E-state index in [1.807, 2.05) is 25.1 Å². The summed E-state index contributed by atoms with van der Waals surface area (Å²) in [6, 6.07) is 14.8. The fraction of sp³-hybridized carbons (Fsp3) is 0.176.